The number of carbonyl (C=O) groups is 1. The molecule has 0 atom stereocenters. The maximum Gasteiger partial charge on any atom is 0.460 e. The van der Waals surface area contributed by atoms with Crippen LogP contribution in [-0.2, 0) is 9.53 Å². The van der Waals surface area contributed by atoms with E-state index in [9.17, 15) is 44.3 Å². The second kappa shape index (κ2) is 5.41. The molecule has 0 rings (SSSR count). The van der Waals surface area contributed by atoms with Gasteiger partial charge in [-0.25, -0.2) is 4.79 Å². The van der Waals surface area contributed by atoms with Crippen LogP contribution < -0.4 is 0 Å². The van der Waals surface area contributed by atoms with E-state index in [-0.39, 0.29) is 5.92 Å². The van der Waals surface area contributed by atoms with E-state index >= 15 is 0 Å². The number of alkyl halides is 9. The van der Waals surface area contributed by atoms with Crippen molar-refractivity contribution in [1.82, 2.24) is 0 Å². The summed E-state index contributed by atoms with van der Waals surface area (Å²) in [6.45, 7) is 0.790. The topological polar surface area (TPSA) is 26.3 Å². The first-order valence-electron chi connectivity index (χ1n) is 4.60. The molecule has 0 bridgehead atoms. The fraction of sp³-hybridized carbons (Fsp3) is 0.667. The zero-order valence-corrected chi connectivity index (χ0v) is 9.43. The Morgan fingerprint density at radius 2 is 1.40 bits per heavy atom. The number of rotatable bonds is 3. The van der Waals surface area contributed by atoms with Crippen molar-refractivity contribution in [2.75, 3.05) is 6.61 Å². The Morgan fingerprint density at radius 3 is 1.75 bits per heavy atom. The van der Waals surface area contributed by atoms with Crippen LogP contribution in [0.2, 0.25) is 0 Å². The summed E-state index contributed by atoms with van der Waals surface area (Å²) in [4.78, 5) is 10.5. The van der Waals surface area contributed by atoms with Gasteiger partial charge < -0.3 is 4.74 Å². The highest BCUT2D eigenvalue weighted by Crippen LogP contribution is 2.52. The average Bonchev–Trinajstić information content (AvgIpc) is 2.25. The highest BCUT2D eigenvalue weighted by Gasteiger charge is 2.81. The molecule has 116 valence electrons. The third-order valence-corrected chi connectivity index (χ3v) is 1.74. The minimum Gasteiger partial charge on any atom is -0.456 e. The third-order valence-electron chi connectivity index (χ3n) is 1.74. The molecule has 0 amide bonds. The summed E-state index contributed by atoms with van der Waals surface area (Å²) in [5.41, 5.74) is 0. The molecule has 0 spiro atoms. The Labute approximate surface area is 105 Å². The fourth-order valence-electron chi connectivity index (χ4n) is 0.750. The molecule has 0 aliphatic rings. The molecule has 0 heterocycles. The number of ether oxygens (including phenoxy) is 1. The van der Waals surface area contributed by atoms with Gasteiger partial charge in [-0.05, 0) is 12.8 Å². The lowest BCUT2D eigenvalue weighted by Gasteiger charge is -2.30. The van der Waals surface area contributed by atoms with Crippen molar-refractivity contribution in [3.8, 4) is 11.8 Å². The summed E-state index contributed by atoms with van der Waals surface area (Å²) in [5.74, 6) is -21.0. The first-order chi connectivity index (χ1) is 8.70. The Kier molecular flexibility index (Phi) is 4.98. The second-order valence-electron chi connectivity index (χ2n) is 3.19. The molecular formula is C9H5F9O2. The van der Waals surface area contributed by atoms with E-state index < -0.39 is 36.5 Å². The molecule has 0 aromatic heterocycles. The number of hydrogen-bond acceptors (Lipinski definition) is 2. The molecule has 2 nitrogen and oxygen atoms in total. The van der Waals surface area contributed by atoms with Crippen LogP contribution in [0.5, 0.6) is 0 Å². The lowest BCUT2D eigenvalue weighted by Crippen LogP contribution is -2.60. The Balaban J connectivity index is 5.53. The predicted octanol–water partition coefficient (Wildman–Crippen LogP) is 3.02. The van der Waals surface area contributed by atoms with E-state index in [1.54, 1.807) is 0 Å². The molecule has 0 unspecified atom stereocenters. The van der Waals surface area contributed by atoms with E-state index in [2.05, 4.69) is 4.74 Å². The van der Waals surface area contributed by atoms with Gasteiger partial charge in [0.05, 0.1) is 6.61 Å². The summed E-state index contributed by atoms with van der Waals surface area (Å²) in [6.07, 6.45) is -6.93. The van der Waals surface area contributed by atoms with E-state index in [0.29, 0.717) is 5.92 Å². The molecule has 0 saturated carbocycles. The minimum absolute atomic E-state index is 0.0742. The van der Waals surface area contributed by atoms with Crippen molar-refractivity contribution in [2.45, 2.75) is 30.9 Å². The van der Waals surface area contributed by atoms with Gasteiger partial charge in [-0.15, -0.1) is 0 Å². The van der Waals surface area contributed by atoms with Crippen LogP contribution in [-0.4, -0.2) is 36.5 Å². The fourth-order valence-corrected chi connectivity index (χ4v) is 0.750. The molecule has 0 fully saturated rings. The van der Waals surface area contributed by atoms with Crippen LogP contribution >= 0.6 is 0 Å². The summed E-state index contributed by atoms with van der Waals surface area (Å²) < 4.78 is 114. The van der Waals surface area contributed by atoms with Gasteiger partial charge in [0.25, 0.3) is 0 Å². The molecule has 0 aromatic rings. The number of hydrogen-bond donors (Lipinski definition) is 0. The van der Waals surface area contributed by atoms with E-state index in [1.165, 1.54) is 6.92 Å². The van der Waals surface area contributed by atoms with Crippen molar-refractivity contribution >= 4 is 5.97 Å². The summed E-state index contributed by atoms with van der Waals surface area (Å²) in [6, 6.07) is 0. The maximum atomic E-state index is 12.7. The van der Waals surface area contributed by atoms with Gasteiger partial charge in [-0.3, -0.25) is 0 Å². The molecule has 20 heavy (non-hydrogen) atoms. The van der Waals surface area contributed by atoms with Gasteiger partial charge in [0.2, 0.25) is 0 Å². The van der Waals surface area contributed by atoms with Crippen LogP contribution in [0.15, 0.2) is 0 Å². The smallest absolute Gasteiger partial charge is 0.456 e. The first-order valence-corrected chi connectivity index (χ1v) is 4.60. The lowest BCUT2D eigenvalue weighted by atomic mass is 10.0. The quantitative estimate of drug-likeness (QED) is 0.346. The van der Waals surface area contributed by atoms with E-state index in [1.807, 2.05) is 0 Å². The second-order valence-corrected chi connectivity index (χ2v) is 3.19. The standard InChI is InChI=1S/C9H5F9O2/c1-2-20-5(19)3-4-6(10,11)7(12,13)8(14,15)9(16,17)18/h2H2,1H3. The molecule has 0 aromatic carbocycles. The van der Waals surface area contributed by atoms with E-state index in [0.717, 1.165) is 0 Å². The highest BCUT2D eigenvalue weighted by molar-refractivity contribution is 5.88. The SMILES string of the molecule is CCOC(=O)C#CC(F)(F)C(F)(F)C(F)(F)C(F)(F)F. The minimum atomic E-state index is -7.03. The number of esters is 1. The lowest BCUT2D eigenvalue weighted by molar-refractivity contribution is -0.386. The van der Waals surface area contributed by atoms with Crippen LogP contribution in [0.3, 0.4) is 0 Å². The summed E-state index contributed by atoms with van der Waals surface area (Å²) >= 11 is 0. The van der Waals surface area contributed by atoms with Crippen molar-refractivity contribution < 1.29 is 49.0 Å². The summed E-state index contributed by atoms with van der Waals surface area (Å²) in [5, 5.41) is 0. The van der Waals surface area contributed by atoms with Gasteiger partial charge in [0.1, 0.15) is 0 Å². The van der Waals surface area contributed by atoms with Crippen molar-refractivity contribution in [3.05, 3.63) is 0 Å². The Bertz CT molecular complexity index is 427. The molecule has 0 N–H and O–H groups in total. The Hall–Kier alpha value is -1.60. The zero-order valence-electron chi connectivity index (χ0n) is 9.43. The van der Waals surface area contributed by atoms with Crippen LogP contribution in [0.25, 0.3) is 0 Å². The Morgan fingerprint density at radius 1 is 0.950 bits per heavy atom. The molecular weight excluding hydrogens is 311 g/mol. The van der Waals surface area contributed by atoms with Crippen molar-refractivity contribution in [1.29, 1.82) is 0 Å². The average molecular weight is 316 g/mol. The van der Waals surface area contributed by atoms with Crippen LogP contribution in [0.1, 0.15) is 6.92 Å². The van der Waals surface area contributed by atoms with Crippen LogP contribution in [0.4, 0.5) is 39.5 Å². The largest absolute Gasteiger partial charge is 0.460 e. The molecule has 11 heteroatoms. The first kappa shape index (κ1) is 18.4. The van der Waals surface area contributed by atoms with Gasteiger partial charge >= 0.3 is 29.9 Å². The molecule has 0 aliphatic heterocycles. The molecule has 0 radical (unpaired) electrons. The van der Waals surface area contributed by atoms with Crippen LogP contribution in [0, 0.1) is 11.8 Å². The van der Waals surface area contributed by atoms with Crippen molar-refractivity contribution in [3.63, 3.8) is 0 Å². The normalized spacial score (nSPS) is 13.5. The zero-order chi connectivity index (χ0) is 16.4. The molecule has 0 aliphatic carbocycles. The third kappa shape index (κ3) is 3.29. The predicted molar refractivity (Wildman–Crippen MR) is 45.3 cm³/mol. The van der Waals surface area contributed by atoms with Gasteiger partial charge in [-0.1, -0.05) is 0 Å². The maximum absolute atomic E-state index is 12.7. The number of carbonyl (C=O) groups excluding carboxylic acids is 1. The number of halogens is 9. The van der Waals surface area contributed by atoms with Crippen molar-refractivity contribution in [2.24, 2.45) is 0 Å². The van der Waals surface area contributed by atoms with E-state index in [4.69, 9.17) is 0 Å². The molecule has 0 saturated heterocycles. The van der Waals surface area contributed by atoms with Gasteiger partial charge in [0.15, 0.2) is 0 Å². The van der Waals surface area contributed by atoms with Gasteiger partial charge in [-0.2, -0.15) is 39.5 Å². The summed E-state index contributed by atoms with van der Waals surface area (Å²) in [7, 11) is 0. The monoisotopic (exact) mass is 316 g/mol. The highest BCUT2D eigenvalue weighted by atomic mass is 19.4. The van der Waals surface area contributed by atoms with Gasteiger partial charge in [0, 0.05) is 5.92 Å².